The van der Waals surface area contributed by atoms with Crippen molar-refractivity contribution in [1.82, 2.24) is 5.48 Å². The summed E-state index contributed by atoms with van der Waals surface area (Å²) in [6, 6.07) is 6.44. The summed E-state index contributed by atoms with van der Waals surface area (Å²) in [7, 11) is 0. The Morgan fingerprint density at radius 3 is 2.38 bits per heavy atom. The molecular weight excluding hydrogens is 243 g/mol. The number of hydrogen-bond acceptors (Lipinski definition) is 2. The van der Waals surface area contributed by atoms with Gasteiger partial charge in [-0.15, -0.1) is 0 Å². The van der Waals surface area contributed by atoms with E-state index < -0.39 is 12.8 Å². The summed E-state index contributed by atoms with van der Waals surface area (Å²) >= 11 is 5.68. The lowest BCUT2D eigenvalue weighted by Crippen LogP contribution is -2.26. The van der Waals surface area contributed by atoms with Gasteiger partial charge in [0.25, 0.3) is 0 Å². The molecule has 1 atom stereocenters. The molecule has 1 N–H and O–H groups in total. The van der Waals surface area contributed by atoms with Gasteiger partial charge in [-0.3, -0.25) is 4.84 Å². The molecule has 90 valence electrons. The van der Waals surface area contributed by atoms with Crippen LogP contribution in [0.1, 0.15) is 18.5 Å². The third-order valence-corrected chi connectivity index (χ3v) is 2.12. The monoisotopic (exact) mass is 253 g/mol. The molecule has 0 radical (unpaired) electrons. The first kappa shape index (κ1) is 13.3. The van der Waals surface area contributed by atoms with Gasteiger partial charge in [-0.25, -0.2) is 0 Å². The summed E-state index contributed by atoms with van der Waals surface area (Å²) in [5, 5.41) is 0.576. The second-order valence-electron chi connectivity index (χ2n) is 3.29. The Morgan fingerprint density at radius 1 is 1.31 bits per heavy atom. The Morgan fingerprint density at radius 2 is 1.88 bits per heavy atom. The molecule has 2 nitrogen and oxygen atoms in total. The highest BCUT2D eigenvalue weighted by Crippen LogP contribution is 2.17. The average molecular weight is 254 g/mol. The van der Waals surface area contributed by atoms with Crippen LogP contribution in [0, 0.1) is 0 Å². The average Bonchev–Trinajstić information content (AvgIpc) is 2.16. The Hall–Kier alpha value is -0.780. The highest BCUT2D eigenvalue weighted by molar-refractivity contribution is 6.30. The summed E-state index contributed by atoms with van der Waals surface area (Å²) < 4.78 is 35.3. The van der Waals surface area contributed by atoms with Gasteiger partial charge in [0.05, 0.1) is 6.04 Å². The van der Waals surface area contributed by atoms with Gasteiger partial charge in [-0.1, -0.05) is 23.7 Å². The predicted molar refractivity (Wildman–Crippen MR) is 55.0 cm³/mol. The van der Waals surface area contributed by atoms with Gasteiger partial charge in [0.2, 0.25) is 0 Å². The largest absolute Gasteiger partial charge is 0.413 e. The lowest BCUT2D eigenvalue weighted by molar-refractivity contribution is -0.192. The first-order valence-electron chi connectivity index (χ1n) is 4.58. The molecule has 0 spiro atoms. The molecule has 0 heterocycles. The van der Waals surface area contributed by atoms with Crippen LogP contribution in [-0.2, 0) is 4.84 Å². The minimum absolute atomic E-state index is 0.334. The molecule has 0 aliphatic carbocycles. The van der Waals surface area contributed by atoms with E-state index in [1.165, 1.54) is 0 Å². The number of halogens is 4. The van der Waals surface area contributed by atoms with Crippen molar-refractivity contribution in [3.05, 3.63) is 34.9 Å². The quantitative estimate of drug-likeness (QED) is 0.830. The van der Waals surface area contributed by atoms with Crippen molar-refractivity contribution < 1.29 is 18.0 Å². The van der Waals surface area contributed by atoms with Gasteiger partial charge < -0.3 is 0 Å². The Balaban J connectivity index is 2.41. The Kier molecular flexibility index (Phi) is 4.58. The zero-order valence-corrected chi connectivity index (χ0v) is 9.27. The Labute approximate surface area is 96.3 Å². The van der Waals surface area contributed by atoms with Crippen molar-refractivity contribution in [1.29, 1.82) is 0 Å². The van der Waals surface area contributed by atoms with Crippen molar-refractivity contribution in [3.63, 3.8) is 0 Å². The number of rotatable bonds is 4. The zero-order valence-electron chi connectivity index (χ0n) is 8.51. The van der Waals surface area contributed by atoms with Gasteiger partial charge >= 0.3 is 6.18 Å². The SMILES string of the molecule is CC(NOCC(F)(F)F)c1ccc(Cl)cc1. The fraction of sp³-hybridized carbons (Fsp3) is 0.400. The first-order valence-corrected chi connectivity index (χ1v) is 4.96. The van der Waals surface area contributed by atoms with E-state index in [2.05, 4.69) is 10.3 Å². The molecule has 16 heavy (non-hydrogen) atoms. The van der Waals surface area contributed by atoms with E-state index in [9.17, 15) is 13.2 Å². The normalized spacial score (nSPS) is 13.8. The molecule has 0 bridgehead atoms. The molecule has 0 aromatic heterocycles. The van der Waals surface area contributed by atoms with E-state index in [-0.39, 0.29) is 6.04 Å². The molecule has 0 saturated heterocycles. The van der Waals surface area contributed by atoms with Crippen LogP contribution in [0.4, 0.5) is 13.2 Å². The molecule has 1 rings (SSSR count). The number of alkyl halides is 3. The van der Waals surface area contributed by atoms with Crippen LogP contribution in [0.25, 0.3) is 0 Å². The molecule has 0 amide bonds. The van der Waals surface area contributed by atoms with E-state index in [0.717, 1.165) is 5.56 Å². The number of hydroxylamine groups is 1. The van der Waals surface area contributed by atoms with Gasteiger partial charge in [-0.2, -0.15) is 18.7 Å². The maximum absolute atomic E-state index is 11.8. The lowest BCUT2D eigenvalue weighted by atomic mass is 10.1. The van der Waals surface area contributed by atoms with Crippen LogP contribution in [-0.4, -0.2) is 12.8 Å². The van der Waals surface area contributed by atoms with Gasteiger partial charge in [0.1, 0.15) is 0 Å². The van der Waals surface area contributed by atoms with Crippen molar-refractivity contribution in [2.45, 2.75) is 19.1 Å². The number of hydrogen-bond donors (Lipinski definition) is 1. The number of benzene rings is 1. The van der Waals surface area contributed by atoms with Crippen molar-refractivity contribution in [2.24, 2.45) is 0 Å². The fourth-order valence-corrected chi connectivity index (χ4v) is 1.19. The summed E-state index contributed by atoms with van der Waals surface area (Å²) in [6.07, 6.45) is -4.33. The predicted octanol–water partition coefficient (Wildman–Crippen LogP) is 3.48. The summed E-state index contributed by atoms with van der Waals surface area (Å²) in [5.41, 5.74) is 3.11. The van der Waals surface area contributed by atoms with Crippen molar-refractivity contribution in [3.8, 4) is 0 Å². The molecule has 1 aromatic rings. The summed E-state index contributed by atoms with van der Waals surface area (Å²) in [4.78, 5) is 4.34. The van der Waals surface area contributed by atoms with Crippen LogP contribution in [0.2, 0.25) is 5.02 Å². The summed E-state index contributed by atoms with van der Waals surface area (Å²) in [5.74, 6) is 0. The van der Waals surface area contributed by atoms with Gasteiger partial charge in [0.15, 0.2) is 6.61 Å². The van der Waals surface area contributed by atoms with Crippen molar-refractivity contribution >= 4 is 11.6 Å². The number of nitrogens with one attached hydrogen (secondary N) is 1. The van der Waals surface area contributed by atoms with Crippen molar-refractivity contribution in [2.75, 3.05) is 6.61 Å². The zero-order chi connectivity index (χ0) is 12.2. The van der Waals surface area contributed by atoms with Crippen LogP contribution in [0.3, 0.4) is 0 Å². The van der Waals surface area contributed by atoms with E-state index in [1.54, 1.807) is 31.2 Å². The standard InChI is InChI=1S/C10H11ClF3NO/c1-7(15-16-6-10(12,13)14)8-2-4-9(11)5-3-8/h2-5,7,15H,6H2,1H3. The van der Waals surface area contributed by atoms with E-state index in [1.807, 2.05) is 0 Å². The topological polar surface area (TPSA) is 21.3 Å². The van der Waals surface area contributed by atoms with Crippen LogP contribution in [0.5, 0.6) is 0 Å². The first-order chi connectivity index (χ1) is 7.38. The molecule has 1 aromatic carbocycles. The molecular formula is C10H11ClF3NO. The Bertz CT molecular complexity index is 326. The minimum atomic E-state index is -4.33. The highest BCUT2D eigenvalue weighted by Gasteiger charge is 2.28. The van der Waals surface area contributed by atoms with Gasteiger partial charge in [0, 0.05) is 5.02 Å². The third-order valence-electron chi connectivity index (χ3n) is 1.87. The summed E-state index contributed by atoms with van der Waals surface area (Å²) in [6.45, 7) is 0.380. The lowest BCUT2D eigenvalue weighted by Gasteiger charge is -2.15. The molecule has 0 saturated carbocycles. The second-order valence-corrected chi connectivity index (χ2v) is 3.73. The molecule has 0 fully saturated rings. The van der Waals surface area contributed by atoms with Crippen LogP contribution < -0.4 is 5.48 Å². The van der Waals surface area contributed by atoms with Crippen LogP contribution >= 0.6 is 11.6 Å². The highest BCUT2D eigenvalue weighted by atomic mass is 35.5. The molecule has 1 unspecified atom stereocenters. The molecule has 6 heteroatoms. The maximum Gasteiger partial charge on any atom is 0.413 e. The van der Waals surface area contributed by atoms with E-state index in [4.69, 9.17) is 11.6 Å². The van der Waals surface area contributed by atoms with Crippen LogP contribution in [0.15, 0.2) is 24.3 Å². The molecule has 0 aliphatic rings. The van der Waals surface area contributed by atoms with E-state index in [0.29, 0.717) is 5.02 Å². The smallest absolute Gasteiger partial charge is 0.292 e. The van der Waals surface area contributed by atoms with Gasteiger partial charge in [-0.05, 0) is 24.6 Å². The molecule has 0 aliphatic heterocycles. The fourth-order valence-electron chi connectivity index (χ4n) is 1.07. The second kappa shape index (κ2) is 5.52. The van der Waals surface area contributed by atoms with E-state index >= 15 is 0 Å². The minimum Gasteiger partial charge on any atom is -0.292 e. The maximum atomic E-state index is 11.8. The third kappa shape index (κ3) is 4.83.